The Kier molecular flexibility index (Phi) is 5.90. The van der Waals surface area contributed by atoms with Crippen LogP contribution >= 0.6 is 0 Å². The van der Waals surface area contributed by atoms with Crippen LogP contribution in [-0.4, -0.2) is 28.1 Å². The molecular formula is C26H41F3O2. The number of hydrogen-bond donors (Lipinski definition) is 2. The van der Waals surface area contributed by atoms with Gasteiger partial charge in [-0.15, -0.1) is 0 Å². The topological polar surface area (TPSA) is 40.5 Å². The van der Waals surface area contributed by atoms with Gasteiger partial charge in [0.1, 0.15) is 0 Å². The SMILES string of the molecule is C[C@H](CC[C@@H](C)O)[C@H]1CC[C@H]2[C@@H]3CC=C4C[C@](O)(C(F)(F)F)CC[C@]4(C)[C@H]3CC[C@]12C. The first-order valence-corrected chi connectivity index (χ1v) is 12.5. The molecule has 5 heteroatoms. The van der Waals surface area contributed by atoms with Crippen molar-refractivity contribution in [1.82, 2.24) is 0 Å². The van der Waals surface area contributed by atoms with E-state index in [0.717, 1.165) is 37.7 Å². The smallest absolute Gasteiger partial charge is 0.393 e. The molecule has 0 spiro atoms. The van der Waals surface area contributed by atoms with Gasteiger partial charge in [-0.25, -0.2) is 0 Å². The van der Waals surface area contributed by atoms with Crippen LogP contribution in [0.15, 0.2) is 11.6 Å². The van der Waals surface area contributed by atoms with Crippen molar-refractivity contribution in [2.45, 2.75) is 110 Å². The number of alkyl halides is 3. The maximum Gasteiger partial charge on any atom is 0.417 e. The zero-order chi connectivity index (χ0) is 22.8. The summed E-state index contributed by atoms with van der Waals surface area (Å²) in [6, 6.07) is 0. The molecule has 9 atom stereocenters. The van der Waals surface area contributed by atoms with Crippen LogP contribution in [-0.2, 0) is 0 Å². The molecule has 2 nitrogen and oxygen atoms in total. The minimum Gasteiger partial charge on any atom is -0.393 e. The molecule has 0 aliphatic heterocycles. The van der Waals surface area contributed by atoms with E-state index in [4.69, 9.17) is 0 Å². The summed E-state index contributed by atoms with van der Waals surface area (Å²) >= 11 is 0. The molecule has 178 valence electrons. The monoisotopic (exact) mass is 442 g/mol. The zero-order valence-corrected chi connectivity index (χ0v) is 19.6. The molecule has 0 unspecified atom stereocenters. The van der Waals surface area contributed by atoms with Crippen LogP contribution in [0.2, 0.25) is 0 Å². The van der Waals surface area contributed by atoms with Crippen LogP contribution in [0, 0.1) is 40.4 Å². The molecule has 3 saturated carbocycles. The largest absolute Gasteiger partial charge is 0.417 e. The second-order valence-electron chi connectivity index (χ2n) is 12.1. The highest BCUT2D eigenvalue weighted by Gasteiger charge is 2.63. The molecule has 31 heavy (non-hydrogen) atoms. The predicted octanol–water partition coefficient (Wildman–Crippen LogP) is 6.66. The first-order valence-electron chi connectivity index (χ1n) is 12.5. The molecule has 4 rings (SSSR count). The Morgan fingerprint density at radius 3 is 2.39 bits per heavy atom. The number of halogens is 3. The summed E-state index contributed by atoms with van der Waals surface area (Å²) < 4.78 is 40.5. The highest BCUT2D eigenvalue weighted by Crippen LogP contribution is 2.68. The Labute approximate surface area is 185 Å². The zero-order valence-electron chi connectivity index (χ0n) is 19.6. The minimum absolute atomic E-state index is 0.172. The average molecular weight is 443 g/mol. The van der Waals surface area contributed by atoms with Crippen LogP contribution in [0.5, 0.6) is 0 Å². The Bertz CT molecular complexity index is 716. The molecule has 0 aromatic carbocycles. The third kappa shape index (κ3) is 3.70. The molecule has 0 saturated heterocycles. The molecular weight excluding hydrogens is 401 g/mol. The van der Waals surface area contributed by atoms with Gasteiger partial charge in [-0.1, -0.05) is 32.4 Å². The fourth-order valence-electron chi connectivity index (χ4n) is 8.57. The number of aliphatic hydroxyl groups is 2. The minimum atomic E-state index is -4.56. The third-order valence-electron chi connectivity index (χ3n) is 10.5. The molecule has 0 amide bonds. The van der Waals surface area contributed by atoms with Crippen LogP contribution in [0.25, 0.3) is 0 Å². The first kappa shape index (κ1) is 23.6. The van der Waals surface area contributed by atoms with E-state index in [-0.39, 0.29) is 24.4 Å². The van der Waals surface area contributed by atoms with Crippen molar-refractivity contribution in [3.05, 3.63) is 11.6 Å². The lowest BCUT2D eigenvalue weighted by molar-refractivity contribution is -0.271. The van der Waals surface area contributed by atoms with Crippen LogP contribution in [0.3, 0.4) is 0 Å². The summed E-state index contributed by atoms with van der Waals surface area (Å²) in [5, 5.41) is 20.1. The second-order valence-corrected chi connectivity index (χ2v) is 12.1. The molecule has 4 aliphatic carbocycles. The normalized spacial score (nSPS) is 47.1. The van der Waals surface area contributed by atoms with E-state index in [2.05, 4.69) is 26.8 Å². The van der Waals surface area contributed by atoms with E-state index in [1.165, 1.54) is 12.8 Å². The number of allylic oxidation sites excluding steroid dienone is 1. The number of fused-ring (bicyclic) bond motifs is 5. The lowest BCUT2D eigenvalue weighted by atomic mass is 9.46. The summed E-state index contributed by atoms with van der Waals surface area (Å²) in [4.78, 5) is 0. The fraction of sp³-hybridized carbons (Fsp3) is 0.923. The maximum absolute atomic E-state index is 13.5. The van der Waals surface area contributed by atoms with E-state index in [0.29, 0.717) is 41.4 Å². The summed E-state index contributed by atoms with van der Waals surface area (Å²) in [6.45, 7) is 8.89. The molecule has 0 bridgehead atoms. The number of hydrogen-bond acceptors (Lipinski definition) is 2. The van der Waals surface area contributed by atoms with Gasteiger partial charge in [-0.3, -0.25) is 0 Å². The van der Waals surface area contributed by atoms with Gasteiger partial charge in [0.15, 0.2) is 5.60 Å². The molecule has 0 aromatic heterocycles. The number of aliphatic hydroxyl groups excluding tert-OH is 1. The van der Waals surface area contributed by atoms with Gasteiger partial charge < -0.3 is 10.2 Å². The molecule has 2 N–H and O–H groups in total. The quantitative estimate of drug-likeness (QED) is 0.478. The van der Waals surface area contributed by atoms with E-state index in [1.807, 2.05) is 6.92 Å². The van der Waals surface area contributed by atoms with Crippen molar-refractivity contribution in [2.24, 2.45) is 40.4 Å². The fourth-order valence-corrected chi connectivity index (χ4v) is 8.57. The van der Waals surface area contributed by atoms with E-state index < -0.39 is 11.8 Å². The Morgan fingerprint density at radius 1 is 1.03 bits per heavy atom. The van der Waals surface area contributed by atoms with Gasteiger partial charge in [-0.05, 0) is 105 Å². The summed E-state index contributed by atoms with van der Waals surface area (Å²) in [7, 11) is 0. The first-order chi connectivity index (χ1) is 14.3. The van der Waals surface area contributed by atoms with Gasteiger partial charge in [0.05, 0.1) is 6.10 Å². The van der Waals surface area contributed by atoms with Crippen molar-refractivity contribution < 1.29 is 23.4 Å². The van der Waals surface area contributed by atoms with Crippen molar-refractivity contribution in [3.63, 3.8) is 0 Å². The van der Waals surface area contributed by atoms with E-state index in [9.17, 15) is 23.4 Å². The van der Waals surface area contributed by atoms with Crippen molar-refractivity contribution in [2.75, 3.05) is 0 Å². The van der Waals surface area contributed by atoms with E-state index in [1.54, 1.807) is 0 Å². The lowest BCUT2D eigenvalue weighted by Crippen LogP contribution is -2.55. The molecule has 0 radical (unpaired) electrons. The summed E-state index contributed by atoms with van der Waals surface area (Å²) in [5.41, 5.74) is -1.57. The molecule has 0 heterocycles. The van der Waals surface area contributed by atoms with Gasteiger partial charge >= 0.3 is 6.18 Å². The Morgan fingerprint density at radius 2 is 1.74 bits per heavy atom. The predicted molar refractivity (Wildman–Crippen MR) is 116 cm³/mol. The van der Waals surface area contributed by atoms with Crippen molar-refractivity contribution in [1.29, 1.82) is 0 Å². The third-order valence-corrected chi connectivity index (χ3v) is 10.5. The maximum atomic E-state index is 13.5. The van der Waals surface area contributed by atoms with Crippen molar-refractivity contribution in [3.8, 4) is 0 Å². The van der Waals surface area contributed by atoms with Gasteiger partial charge in [0.25, 0.3) is 0 Å². The Balaban J connectivity index is 1.54. The van der Waals surface area contributed by atoms with Gasteiger partial charge in [0.2, 0.25) is 0 Å². The van der Waals surface area contributed by atoms with Crippen molar-refractivity contribution >= 4 is 0 Å². The molecule has 0 aromatic rings. The van der Waals surface area contributed by atoms with Crippen LogP contribution in [0.4, 0.5) is 13.2 Å². The summed E-state index contributed by atoms with van der Waals surface area (Å²) in [5.74, 6) is 2.91. The van der Waals surface area contributed by atoms with Gasteiger partial charge in [-0.2, -0.15) is 13.2 Å². The number of rotatable bonds is 4. The highest BCUT2D eigenvalue weighted by molar-refractivity contribution is 5.28. The standard InChI is InChI=1S/C26H41F3O2/c1-16(5-6-17(2)30)20-9-10-21-19-8-7-18-15-25(31,26(27,28)29)14-13-23(18,3)22(19)11-12-24(20,21)4/h7,16-17,19-22,30-31H,5-6,8-15H2,1-4H3/t16-,17-,19+,20-,21+,22+,23+,24-,25+/m1/s1. The second kappa shape index (κ2) is 7.75. The lowest BCUT2D eigenvalue weighted by Gasteiger charge is -2.59. The highest BCUT2D eigenvalue weighted by atomic mass is 19.4. The van der Waals surface area contributed by atoms with Crippen LogP contribution < -0.4 is 0 Å². The van der Waals surface area contributed by atoms with E-state index >= 15 is 0 Å². The Hall–Kier alpha value is -0.550. The average Bonchev–Trinajstić information content (AvgIpc) is 3.03. The summed E-state index contributed by atoms with van der Waals surface area (Å²) in [6.07, 6.45) is 4.84. The van der Waals surface area contributed by atoms with Crippen LogP contribution in [0.1, 0.15) is 91.9 Å². The molecule has 4 aliphatic rings. The van der Waals surface area contributed by atoms with Gasteiger partial charge in [0, 0.05) is 6.42 Å². The molecule has 3 fully saturated rings.